The first kappa shape index (κ1) is 14.9. The monoisotopic (exact) mass is 275 g/mol. The number of nitrogens with two attached hydrogens (primary N) is 1. The van der Waals surface area contributed by atoms with Crippen LogP contribution in [0.25, 0.3) is 0 Å². The SMILES string of the molecule is CN(C)CC(=O)N1CCCC(C)(C)c2ccc(N)cc21. The van der Waals surface area contributed by atoms with Crippen LogP contribution in [0.1, 0.15) is 32.3 Å². The lowest BCUT2D eigenvalue weighted by molar-refractivity contribution is -0.119. The first-order valence-corrected chi connectivity index (χ1v) is 7.16. The number of carbonyl (C=O) groups excluding carboxylic acids is 1. The van der Waals surface area contributed by atoms with Gasteiger partial charge in [-0.25, -0.2) is 0 Å². The van der Waals surface area contributed by atoms with Gasteiger partial charge in [0.2, 0.25) is 5.91 Å². The summed E-state index contributed by atoms with van der Waals surface area (Å²) in [6.45, 7) is 5.67. The molecule has 1 heterocycles. The molecule has 1 aliphatic heterocycles. The summed E-state index contributed by atoms with van der Waals surface area (Å²) >= 11 is 0. The van der Waals surface area contributed by atoms with E-state index in [1.807, 2.05) is 36.0 Å². The van der Waals surface area contributed by atoms with Crippen molar-refractivity contribution in [2.45, 2.75) is 32.1 Å². The third-order valence-corrected chi connectivity index (χ3v) is 3.98. The molecule has 0 aromatic heterocycles. The summed E-state index contributed by atoms with van der Waals surface area (Å²) in [6, 6.07) is 5.95. The first-order chi connectivity index (χ1) is 9.31. The van der Waals surface area contributed by atoms with E-state index in [0.29, 0.717) is 12.2 Å². The van der Waals surface area contributed by atoms with E-state index in [1.54, 1.807) is 0 Å². The van der Waals surface area contributed by atoms with Crippen LogP contribution in [-0.2, 0) is 10.2 Å². The van der Waals surface area contributed by atoms with Crippen molar-refractivity contribution in [3.8, 4) is 0 Å². The standard InChI is InChI=1S/C16H25N3O/c1-16(2)8-5-9-19(15(20)11-18(3)4)14-10-12(17)6-7-13(14)16/h6-7,10H,5,8-9,11,17H2,1-4H3. The van der Waals surface area contributed by atoms with Crippen LogP contribution in [-0.4, -0.2) is 38.0 Å². The molecule has 0 saturated carbocycles. The molecule has 1 aromatic rings. The van der Waals surface area contributed by atoms with Gasteiger partial charge in [-0.05, 0) is 50.0 Å². The Hall–Kier alpha value is -1.55. The van der Waals surface area contributed by atoms with E-state index in [1.165, 1.54) is 5.56 Å². The van der Waals surface area contributed by atoms with Gasteiger partial charge in [-0.1, -0.05) is 19.9 Å². The highest BCUT2D eigenvalue weighted by Crippen LogP contribution is 2.39. The molecule has 1 aliphatic rings. The van der Waals surface area contributed by atoms with Crippen LogP contribution < -0.4 is 10.6 Å². The highest BCUT2D eigenvalue weighted by Gasteiger charge is 2.31. The molecule has 2 N–H and O–H groups in total. The third-order valence-electron chi connectivity index (χ3n) is 3.98. The maximum absolute atomic E-state index is 12.5. The molecule has 4 heteroatoms. The lowest BCUT2D eigenvalue weighted by Gasteiger charge is -2.28. The summed E-state index contributed by atoms with van der Waals surface area (Å²) in [7, 11) is 3.83. The van der Waals surface area contributed by atoms with Gasteiger partial charge in [-0.2, -0.15) is 0 Å². The van der Waals surface area contributed by atoms with Crippen LogP contribution in [0.3, 0.4) is 0 Å². The fourth-order valence-corrected chi connectivity index (χ4v) is 2.89. The topological polar surface area (TPSA) is 49.6 Å². The molecule has 0 atom stereocenters. The van der Waals surface area contributed by atoms with Crippen LogP contribution in [0.4, 0.5) is 11.4 Å². The average molecular weight is 275 g/mol. The van der Waals surface area contributed by atoms with Crippen molar-refractivity contribution in [3.63, 3.8) is 0 Å². The summed E-state index contributed by atoms with van der Waals surface area (Å²) in [5.41, 5.74) is 8.93. The number of fused-ring (bicyclic) bond motifs is 1. The van der Waals surface area contributed by atoms with Gasteiger partial charge in [0.25, 0.3) is 0 Å². The Morgan fingerprint density at radius 1 is 1.40 bits per heavy atom. The van der Waals surface area contributed by atoms with Gasteiger partial charge >= 0.3 is 0 Å². The zero-order chi connectivity index (χ0) is 14.9. The number of anilines is 2. The second kappa shape index (κ2) is 5.44. The Kier molecular flexibility index (Phi) is 4.04. The van der Waals surface area contributed by atoms with Crippen LogP contribution in [0.15, 0.2) is 18.2 Å². The average Bonchev–Trinajstić information content (AvgIpc) is 2.44. The van der Waals surface area contributed by atoms with E-state index in [9.17, 15) is 4.79 Å². The molecule has 20 heavy (non-hydrogen) atoms. The van der Waals surface area contributed by atoms with Gasteiger partial charge in [0.15, 0.2) is 0 Å². The lowest BCUT2D eigenvalue weighted by atomic mass is 9.80. The van der Waals surface area contributed by atoms with Gasteiger partial charge in [0.05, 0.1) is 6.54 Å². The summed E-state index contributed by atoms with van der Waals surface area (Å²) in [4.78, 5) is 16.3. The Morgan fingerprint density at radius 2 is 2.10 bits per heavy atom. The Bertz CT molecular complexity index is 508. The summed E-state index contributed by atoms with van der Waals surface area (Å²) in [5, 5.41) is 0. The van der Waals surface area contributed by atoms with Crippen molar-refractivity contribution in [2.24, 2.45) is 0 Å². The molecule has 4 nitrogen and oxygen atoms in total. The molecule has 1 aromatic carbocycles. The first-order valence-electron chi connectivity index (χ1n) is 7.16. The van der Waals surface area contributed by atoms with E-state index in [4.69, 9.17) is 5.73 Å². The summed E-state index contributed by atoms with van der Waals surface area (Å²) in [5.74, 6) is 0.138. The van der Waals surface area contributed by atoms with Crippen molar-refractivity contribution < 1.29 is 4.79 Å². The summed E-state index contributed by atoms with van der Waals surface area (Å²) in [6.07, 6.45) is 2.09. The van der Waals surface area contributed by atoms with Crippen LogP contribution >= 0.6 is 0 Å². The molecule has 0 spiro atoms. The van der Waals surface area contributed by atoms with Crippen molar-refractivity contribution in [2.75, 3.05) is 37.8 Å². The molecule has 0 saturated heterocycles. The molecule has 0 aliphatic carbocycles. The molecular weight excluding hydrogens is 250 g/mol. The van der Waals surface area contributed by atoms with Crippen LogP contribution in [0.5, 0.6) is 0 Å². The van der Waals surface area contributed by atoms with Crippen LogP contribution in [0.2, 0.25) is 0 Å². The lowest BCUT2D eigenvalue weighted by Crippen LogP contribution is -2.38. The van der Waals surface area contributed by atoms with Gasteiger partial charge in [0, 0.05) is 17.9 Å². The van der Waals surface area contributed by atoms with E-state index < -0.39 is 0 Å². The molecule has 110 valence electrons. The van der Waals surface area contributed by atoms with E-state index in [2.05, 4.69) is 19.9 Å². The number of hydrogen-bond donors (Lipinski definition) is 1. The van der Waals surface area contributed by atoms with Crippen molar-refractivity contribution >= 4 is 17.3 Å². The minimum absolute atomic E-state index is 0.0795. The highest BCUT2D eigenvalue weighted by atomic mass is 16.2. The third kappa shape index (κ3) is 2.96. The van der Waals surface area contributed by atoms with Crippen molar-refractivity contribution in [1.29, 1.82) is 0 Å². The van der Waals surface area contributed by atoms with Crippen LogP contribution in [0, 0.1) is 0 Å². The molecule has 2 rings (SSSR count). The number of likely N-dealkylation sites (N-methyl/N-ethyl adjacent to an activating group) is 1. The zero-order valence-corrected chi connectivity index (χ0v) is 12.9. The molecule has 0 fully saturated rings. The number of nitrogen functional groups attached to an aromatic ring is 1. The zero-order valence-electron chi connectivity index (χ0n) is 12.9. The predicted molar refractivity (Wildman–Crippen MR) is 84.0 cm³/mol. The largest absolute Gasteiger partial charge is 0.399 e. The Balaban J connectivity index is 2.45. The van der Waals surface area contributed by atoms with E-state index in [-0.39, 0.29) is 11.3 Å². The minimum Gasteiger partial charge on any atom is -0.399 e. The second-order valence-corrected chi connectivity index (χ2v) is 6.55. The minimum atomic E-state index is 0.0795. The molecule has 1 amide bonds. The number of benzene rings is 1. The van der Waals surface area contributed by atoms with E-state index in [0.717, 1.165) is 25.1 Å². The Labute approximate surface area is 121 Å². The molecular formula is C16H25N3O. The maximum Gasteiger partial charge on any atom is 0.241 e. The second-order valence-electron chi connectivity index (χ2n) is 6.55. The highest BCUT2D eigenvalue weighted by molar-refractivity contribution is 5.96. The molecule has 0 radical (unpaired) electrons. The quantitative estimate of drug-likeness (QED) is 0.842. The van der Waals surface area contributed by atoms with Gasteiger partial charge < -0.3 is 15.5 Å². The molecule has 0 unspecified atom stereocenters. The Morgan fingerprint density at radius 3 is 2.75 bits per heavy atom. The smallest absolute Gasteiger partial charge is 0.241 e. The number of nitrogens with zero attached hydrogens (tertiary/aromatic N) is 2. The van der Waals surface area contributed by atoms with Crippen molar-refractivity contribution in [1.82, 2.24) is 4.90 Å². The number of carbonyl (C=O) groups is 1. The normalized spacial score (nSPS) is 17.8. The fraction of sp³-hybridized carbons (Fsp3) is 0.562. The van der Waals surface area contributed by atoms with Gasteiger partial charge in [0.1, 0.15) is 0 Å². The van der Waals surface area contributed by atoms with Gasteiger partial charge in [-0.3, -0.25) is 4.79 Å². The number of rotatable bonds is 2. The number of amides is 1. The predicted octanol–water partition coefficient (Wildman–Crippen LogP) is 2.23. The van der Waals surface area contributed by atoms with E-state index >= 15 is 0 Å². The molecule has 0 bridgehead atoms. The maximum atomic E-state index is 12.5. The fourth-order valence-electron chi connectivity index (χ4n) is 2.89. The van der Waals surface area contributed by atoms with Gasteiger partial charge in [-0.15, -0.1) is 0 Å². The van der Waals surface area contributed by atoms with Crippen molar-refractivity contribution in [3.05, 3.63) is 23.8 Å². The number of hydrogen-bond acceptors (Lipinski definition) is 3. The summed E-state index contributed by atoms with van der Waals surface area (Å²) < 4.78 is 0.